The Hall–Kier alpha value is -3.49. The van der Waals surface area contributed by atoms with Gasteiger partial charge in [0.2, 0.25) is 0 Å². The van der Waals surface area contributed by atoms with Crippen molar-refractivity contribution in [3.05, 3.63) is 83.9 Å². The highest BCUT2D eigenvalue weighted by Gasteiger charge is 2.55. The van der Waals surface area contributed by atoms with Gasteiger partial charge in [-0.15, -0.1) is 0 Å². The van der Waals surface area contributed by atoms with E-state index in [4.69, 9.17) is 9.47 Å². The van der Waals surface area contributed by atoms with Crippen LogP contribution < -0.4 is 5.32 Å². The summed E-state index contributed by atoms with van der Waals surface area (Å²) in [5, 5.41) is 2.98. The van der Waals surface area contributed by atoms with Crippen molar-refractivity contribution in [2.24, 2.45) is 5.41 Å². The lowest BCUT2D eigenvalue weighted by Crippen LogP contribution is -2.55. The van der Waals surface area contributed by atoms with Crippen LogP contribution in [-0.4, -0.2) is 73.5 Å². The summed E-state index contributed by atoms with van der Waals surface area (Å²) in [4.78, 5) is 42.9. The number of benzene rings is 2. The number of nitrogens with one attached hydrogen (secondary N) is 1. The van der Waals surface area contributed by atoms with Crippen LogP contribution in [0.2, 0.25) is 0 Å². The summed E-state index contributed by atoms with van der Waals surface area (Å²) in [6, 6.07) is 19.2. The van der Waals surface area contributed by atoms with E-state index in [1.165, 1.54) is 7.11 Å². The van der Waals surface area contributed by atoms with Gasteiger partial charge in [-0.05, 0) is 24.5 Å². The standard InChI is InChI=1S/C29H35N3O5/c1-21-25(23-12-8-5-9-13-23)37-24(29(2,26(21)33)27(34)36-3)14-15-31-16-18-32(19-17-31)28(35)30-20-22-10-6-4-7-11-22/h4-13,24-25H,1,14-20H2,2-3H3,(H,30,35)/t24-,25-,29-/m1/s1. The van der Waals surface area contributed by atoms with Gasteiger partial charge in [0.15, 0.2) is 11.2 Å². The molecular weight excluding hydrogens is 470 g/mol. The Balaban J connectivity index is 1.36. The van der Waals surface area contributed by atoms with E-state index in [9.17, 15) is 14.4 Å². The predicted molar refractivity (Wildman–Crippen MR) is 140 cm³/mol. The van der Waals surface area contributed by atoms with Crippen LogP contribution in [0, 0.1) is 5.41 Å². The molecule has 2 amide bonds. The van der Waals surface area contributed by atoms with Gasteiger partial charge >= 0.3 is 12.0 Å². The highest BCUT2D eigenvalue weighted by Crippen LogP contribution is 2.44. The number of urea groups is 1. The third kappa shape index (κ3) is 5.76. The topological polar surface area (TPSA) is 88.2 Å². The second-order valence-electron chi connectivity index (χ2n) is 9.73. The van der Waals surface area contributed by atoms with Crippen LogP contribution in [0.15, 0.2) is 72.8 Å². The van der Waals surface area contributed by atoms with Crippen molar-refractivity contribution in [3.8, 4) is 0 Å². The van der Waals surface area contributed by atoms with Crippen LogP contribution in [0.25, 0.3) is 0 Å². The Labute approximate surface area is 218 Å². The van der Waals surface area contributed by atoms with Gasteiger partial charge in [-0.25, -0.2) is 4.79 Å². The Bertz CT molecular complexity index is 1110. The fourth-order valence-corrected chi connectivity index (χ4v) is 5.04. The second kappa shape index (κ2) is 11.7. The number of ether oxygens (including phenoxy) is 2. The molecule has 2 aliphatic rings. The molecule has 0 bridgehead atoms. The molecule has 0 saturated carbocycles. The maximum atomic E-state index is 13.4. The molecule has 37 heavy (non-hydrogen) atoms. The van der Waals surface area contributed by atoms with Crippen molar-refractivity contribution < 1.29 is 23.9 Å². The Morgan fingerprint density at radius 1 is 1.05 bits per heavy atom. The zero-order valence-corrected chi connectivity index (χ0v) is 21.5. The molecular formula is C29H35N3O5. The van der Waals surface area contributed by atoms with E-state index in [1.54, 1.807) is 6.92 Å². The molecule has 2 aromatic rings. The zero-order valence-electron chi connectivity index (χ0n) is 21.5. The molecule has 0 spiro atoms. The molecule has 0 unspecified atom stereocenters. The number of hydrogen-bond acceptors (Lipinski definition) is 6. The lowest BCUT2D eigenvalue weighted by atomic mass is 9.72. The summed E-state index contributed by atoms with van der Waals surface area (Å²) >= 11 is 0. The van der Waals surface area contributed by atoms with Gasteiger partial charge in [0.1, 0.15) is 6.10 Å². The van der Waals surface area contributed by atoms with E-state index in [0.29, 0.717) is 45.7 Å². The Kier molecular flexibility index (Phi) is 8.41. The molecule has 0 aliphatic carbocycles. The first kappa shape index (κ1) is 26.6. The number of ketones is 1. The number of amides is 2. The number of Topliss-reactive ketones (excluding diaryl/α,β-unsaturated/α-hetero) is 1. The summed E-state index contributed by atoms with van der Waals surface area (Å²) in [5.41, 5.74) is 0.677. The largest absolute Gasteiger partial charge is 0.468 e. The summed E-state index contributed by atoms with van der Waals surface area (Å²) in [6.07, 6.45) is -0.814. The third-order valence-electron chi connectivity index (χ3n) is 7.39. The minimum Gasteiger partial charge on any atom is -0.468 e. The van der Waals surface area contributed by atoms with Crippen molar-refractivity contribution in [3.63, 3.8) is 0 Å². The normalized spacial score (nSPS) is 24.5. The van der Waals surface area contributed by atoms with Gasteiger partial charge in [0.25, 0.3) is 0 Å². The summed E-state index contributed by atoms with van der Waals surface area (Å²) in [7, 11) is 1.28. The maximum Gasteiger partial charge on any atom is 0.322 e. The van der Waals surface area contributed by atoms with Gasteiger partial charge in [-0.2, -0.15) is 0 Å². The minimum absolute atomic E-state index is 0.0767. The average molecular weight is 506 g/mol. The number of methoxy groups -OCH3 is 1. The van der Waals surface area contributed by atoms with E-state index >= 15 is 0 Å². The molecule has 8 nitrogen and oxygen atoms in total. The van der Waals surface area contributed by atoms with Crippen LogP contribution in [0.3, 0.4) is 0 Å². The Morgan fingerprint density at radius 3 is 2.30 bits per heavy atom. The smallest absolute Gasteiger partial charge is 0.322 e. The van der Waals surface area contributed by atoms with E-state index in [2.05, 4.69) is 16.8 Å². The molecule has 0 aromatic heterocycles. The molecule has 1 N–H and O–H groups in total. The molecule has 2 aliphatic heterocycles. The average Bonchev–Trinajstić information content (AvgIpc) is 2.95. The highest BCUT2D eigenvalue weighted by molar-refractivity contribution is 6.13. The molecule has 2 fully saturated rings. The van der Waals surface area contributed by atoms with Gasteiger partial charge < -0.3 is 19.7 Å². The first-order valence-corrected chi connectivity index (χ1v) is 12.7. The molecule has 196 valence electrons. The summed E-state index contributed by atoms with van der Waals surface area (Å²) in [5.74, 6) is -0.959. The number of rotatable bonds is 7. The fourth-order valence-electron chi connectivity index (χ4n) is 5.04. The van der Waals surface area contributed by atoms with Crippen LogP contribution in [-0.2, 0) is 25.6 Å². The number of esters is 1. The maximum absolute atomic E-state index is 13.4. The van der Waals surface area contributed by atoms with Gasteiger partial charge in [-0.3, -0.25) is 14.5 Å². The van der Waals surface area contributed by atoms with Gasteiger partial charge in [0.05, 0.1) is 13.2 Å². The van der Waals surface area contributed by atoms with Gasteiger partial charge in [-0.1, -0.05) is 67.2 Å². The summed E-state index contributed by atoms with van der Waals surface area (Å²) < 4.78 is 11.4. The number of carbonyl (C=O) groups is 3. The molecule has 2 aromatic carbocycles. The first-order chi connectivity index (χ1) is 17.8. The van der Waals surface area contributed by atoms with Crippen LogP contribution in [0.4, 0.5) is 4.79 Å². The van der Waals surface area contributed by atoms with E-state index in [0.717, 1.165) is 11.1 Å². The quantitative estimate of drug-likeness (QED) is 0.353. The van der Waals surface area contributed by atoms with Crippen LogP contribution in [0.5, 0.6) is 0 Å². The lowest BCUT2D eigenvalue weighted by molar-refractivity contribution is -0.177. The number of hydrogen-bond donors (Lipinski definition) is 1. The van der Waals surface area contributed by atoms with Crippen molar-refractivity contribution in [2.45, 2.75) is 32.1 Å². The van der Waals surface area contributed by atoms with E-state index in [-0.39, 0.29) is 17.4 Å². The minimum atomic E-state index is -1.46. The first-order valence-electron chi connectivity index (χ1n) is 12.7. The van der Waals surface area contributed by atoms with Crippen LogP contribution in [0.1, 0.15) is 30.6 Å². The summed E-state index contributed by atoms with van der Waals surface area (Å²) in [6.45, 7) is 9.27. The van der Waals surface area contributed by atoms with Crippen molar-refractivity contribution in [1.82, 2.24) is 15.1 Å². The Morgan fingerprint density at radius 2 is 1.68 bits per heavy atom. The monoisotopic (exact) mass is 505 g/mol. The molecule has 8 heteroatoms. The number of nitrogens with zero attached hydrogens (tertiary/aromatic N) is 2. The van der Waals surface area contributed by atoms with Crippen molar-refractivity contribution >= 4 is 17.8 Å². The molecule has 4 rings (SSSR count). The van der Waals surface area contributed by atoms with Crippen molar-refractivity contribution in [1.29, 1.82) is 0 Å². The highest BCUT2D eigenvalue weighted by atomic mass is 16.5. The van der Waals surface area contributed by atoms with E-state index in [1.807, 2.05) is 65.6 Å². The molecule has 0 radical (unpaired) electrons. The zero-order chi connectivity index (χ0) is 26.4. The number of carbonyl (C=O) groups excluding carboxylic acids is 3. The van der Waals surface area contributed by atoms with E-state index < -0.39 is 23.6 Å². The van der Waals surface area contributed by atoms with Gasteiger partial charge in [0, 0.05) is 44.8 Å². The fraction of sp³-hybridized carbons (Fsp3) is 0.414. The number of piperazine rings is 1. The van der Waals surface area contributed by atoms with Crippen LogP contribution >= 0.6 is 0 Å². The molecule has 3 atom stereocenters. The molecule has 2 heterocycles. The SMILES string of the molecule is C=C1C(=O)[C@](C)(C(=O)OC)[C@@H](CCN2CCN(C(=O)NCc3ccccc3)CC2)O[C@H]1c1ccccc1. The predicted octanol–water partition coefficient (Wildman–Crippen LogP) is 3.35. The second-order valence-corrected chi connectivity index (χ2v) is 9.73. The van der Waals surface area contributed by atoms with Crippen molar-refractivity contribution in [2.75, 3.05) is 39.8 Å². The lowest BCUT2D eigenvalue weighted by Gasteiger charge is -2.43. The third-order valence-corrected chi connectivity index (χ3v) is 7.39. The molecule has 2 saturated heterocycles.